The van der Waals surface area contributed by atoms with Gasteiger partial charge in [0.15, 0.2) is 5.78 Å². The third kappa shape index (κ3) is 8.08. The zero-order chi connectivity index (χ0) is 35.7. The van der Waals surface area contributed by atoms with E-state index in [1.165, 1.54) is 17.7 Å². The molecule has 8 heteroatoms. The van der Waals surface area contributed by atoms with Gasteiger partial charge in [0.1, 0.15) is 0 Å². The Bertz CT molecular complexity index is 2170. The molecule has 3 heterocycles. The van der Waals surface area contributed by atoms with E-state index in [0.29, 0.717) is 16.3 Å². The second kappa shape index (κ2) is 15.7. The number of aliphatic hydroxyl groups excluding tert-OH is 1. The number of fused-ring (bicyclic) bond motifs is 9. The molecule has 6 aromatic rings. The van der Waals surface area contributed by atoms with Crippen molar-refractivity contribution in [2.75, 3.05) is 0 Å². The van der Waals surface area contributed by atoms with E-state index in [-0.39, 0.29) is 48.9 Å². The van der Waals surface area contributed by atoms with Gasteiger partial charge >= 0.3 is 6.18 Å². The van der Waals surface area contributed by atoms with Crippen molar-refractivity contribution in [3.05, 3.63) is 95.9 Å². The molecule has 0 aliphatic heterocycles. The molecule has 0 spiro atoms. The van der Waals surface area contributed by atoms with Gasteiger partial charge in [0.2, 0.25) is 0 Å². The third-order valence-corrected chi connectivity index (χ3v) is 9.48. The Morgan fingerprint density at radius 1 is 0.860 bits per heavy atom. The number of aliphatic hydroxyl groups is 1. The number of aromatic nitrogens is 2. The fourth-order valence-electron chi connectivity index (χ4n) is 6.78. The summed E-state index contributed by atoms with van der Waals surface area (Å²) in [6, 6.07) is 22.9. The van der Waals surface area contributed by atoms with Gasteiger partial charge in [0, 0.05) is 66.2 Å². The number of rotatable bonds is 8. The number of hydrogen-bond donors (Lipinski definition) is 1. The topological polar surface area (TPSA) is 54.6 Å². The molecule has 0 amide bonds. The van der Waals surface area contributed by atoms with Gasteiger partial charge in [-0.05, 0) is 72.2 Å². The van der Waals surface area contributed by atoms with Crippen LogP contribution in [0.15, 0.2) is 78.7 Å². The summed E-state index contributed by atoms with van der Waals surface area (Å²) in [5, 5.41) is 13.9. The number of nitrogens with zero attached hydrogens (tertiary/aromatic N) is 2. The van der Waals surface area contributed by atoms with E-state index in [9.17, 15) is 23.1 Å². The van der Waals surface area contributed by atoms with E-state index in [1.54, 1.807) is 0 Å². The van der Waals surface area contributed by atoms with E-state index in [4.69, 9.17) is 0 Å². The van der Waals surface area contributed by atoms with Gasteiger partial charge < -0.3 is 9.51 Å². The van der Waals surface area contributed by atoms with Gasteiger partial charge in [-0.25, -0.2) is 0 Å². The first kappa shape index (κ1) is 39.1. The number of benzene rings is 3. The number of alkyl halides is 3. The molecule has 0 aliphatic carbocycles. The molecule has 1 radical (unpaired) electrons. The summed E-state index contributed by atoms with van der Waals surface area (Å²) >= 11 is 0. The van der Waals surface area contributed by atoms with Crippen LogP contribution in [0.4, 0.5) is 13.2 Å². The minimum Gasteiger partial charge on any atom is -0.512 e. The van der Waals surface area contributed by atoms with Crippen LogP contribution in [0.2, 0.25) is 0 Å². The van der Waals surface area contributed by atoms with Crippen LogP contribution in [0.25, 0.3) is 49.0 Å². The third-order valence-electron chi connectivity index (χ3n) is 9.48. The molecule has 3 aromatic heterocycles. The average Bonchev–Trinajstić information content (AvgIpc) is 3.45. The van der Waals surface area contributed by atoms with E-state index >= 15 is 0 Å². The van der Waals surface area contributed by atoms with Crippen LogP contribution < -0.4 is 0 Å². The van der Waals surface area contributed by atoms with Crippen LogP contribution in [0, 0.1) is 23.3 Å². The Morgan fingerprint density at radius 2 is 1.52 bits per heavy atom. The molecule has 6 rings (SSSR count). The normalized spacial score (nSPS) is 12.7. The molecule has 50 heavy (non-hydrogen) atoms. The van der Waals surface area contributed by atoms with Gasteiger partial charge in [0.05, 0.1) is 11.3 Å². The number of carbonyl (C=O) groups is 1. The summed E-state index contributed by atoms with van der Waals surface area (Å²) in [7, 11) is 0. The summed E-state index contributed by atoms with van der Waals surface area (Å²) in [6.07, 6.45) is 2.22. The molecule has 0 atom stereocenters. The molecule has 1 N–H and O–H groups in total. The molecular formula is C42H46F3IrN2O2-. The predicted octanol–water partition coefficient (Wildman–Crippen LogP) is 12.2. The second-order valence-corrected chi connectivity index (χ2v) is 14.2. The van der Waals surface area contributed by atoms with Crippen LogP contribution in [-0.4, -0.2) is 20.3 Å². The van der Waals surface area contributed by atoms with E-state index < -0.39 is 11.7 Å². The molecule has 267 valence electrons. The number of carbonyl (C=O) groups excluding carboxylic acids is 1. The second-order valence-electron chi connectivity index (χ2n) is 14.2. The standard InChI is InChI=1S/C29H22F3N2.C13H24O2.Ir/c1-28(2,3)15-19-9-6-10-24-21(19)14-26-23-13-20(29(30,31)32)16-33-27(23)22-11-17-7-4-5-8-18(17)12-25(22)34(24)26;1-5-10(6-2)12(14)9-13(15)11(7-3)8-4;/h4-10,12-14,16H,15H2,1-3H3;9-11,14H,5-8H2,1-4H3;/q-1;;/b;12-9-;. The SMILES string of the molecule is CC(C)(C)Cc1cccc2c1cc1c3cc(C(F)(F)F)cnc3c3[c-]c4ccccc4cc3n21.CCC(CC)C(=O)/C=C(\O)C(CC)CC.[Ir]. The number of ketones is 1. The van der Waals surface area contributed by atoms with Gasteiger partial charge in [0.25, 0.3) is 0 Å². The molecular weight excluding hydrogens is 814 g/mol. The Morgan fingerprint density at radius 3 is 2.14 bits per heavy atom. The van der Waals surface area contributed by atoms with Crippen molar-refractivity contribution in [2.45, 2.75) is 86.7 Å². The molecule has 0 saturated carbocycles. The first-order valence-corrected chi connectivity index (χ1v) is 17.3. The van der Waals surface area contributed by atoms with Gasteiger partial charge in [-0.2, -0.15) is 13.2 Å². The summed E-state index contributed by atoms with van der Waals surface area (Å²) in [5.41, 5.74) is 3.62. The monoisotopic (exact) mass is 860 g/mol. The van der Waals surface area contributed by atoms with Crippen molar-refractivity contribution in [1.29, 1.82) is 0 Å². The van der Waals surface area contributed by atoms with E-state index in [2.05, 4.69) is 48.4 Å². The Kier molecular flexibility index (Phi) is 12.2. The maximum Gasteiger partial charge on any atom is 0.417 e. The van der Waals surface area contributed by atoms with Crippen LogP contribution in [-0.2, 0) is 37.5 Å². The van der Waals surface area contributed by atoms with Crippen molar-refractivity contribution < 1.29 is 43.2 Å². The summed E-state index contributed by atoms with van der Waals surface area (Å²) < 4.78 is 43.0. The molecule has 0 fully saturated rings. The van der Waals surface area contributed by atoms with Crippen LogP contribution in [0.3, 0.4) is 0 Å². The molecule has 0 bridgehead atoms. The van der Waals surface area contributed by atoms with Crippen LogP contribution >= 0.6 is 0 Å². The van der Waals surface area contributed by atoms with Crippen molar-refractivity contribution in [2.24, 2.45) is 17.3 Å². The minimum atomic E-state index is -4.47. The fraction of sp³-hybridized carbons (Fsp3) is 0.381. The quantitative estimate of drug-likeness (QED) is 0.0545. The van der Waals surface area contributed by atoms with Crippen molar-refractivity contribution in [3.63, 3.8) is 0 Å². The minimum absolute atomic E-state index is 0. The summed E-state index contributed by atoms with van der Waals surface area (Å²) in [4.78, 5) is 16.0. The van der Waals surface area contributed by atoms with Crippen LogP contribution in [0.5, 0.6) is 0 Å². The van der Waals surface area contributed by atoms with Gasteiger partial charge in [-0.3, -0.25) is 9.78 Å². The largest absolute Gasteiger partial charge is 0.512 e. The number of hydrogen-bond acceptors (Lipinski definition) is 3. The Hall–Kier alpha value is -3.74. The number of allylic oxidation sites excluding steroid dienone is 2. The smallest absolute Gasteiger partial charge is 0.417 e. The fourth-order valence-corrected chi connectivity index (χ4v) is 6.78. The molecule has 0 unspecified atom stereocenters. The molecule has 3 aromatic carbocycles. The summed E-state index contributed by atoms with van der Waals surface area (Å²) in [5.74, 6) is 0.547. The van der Waals surface area contributed by atoms with Crippen molar-refractivity contribution in [1.82, 2.24) is 9.38 Å². The Labute approximate surface area is 306 Å². The maximum absolute atomic E-state index is 13.6. The predicted molar refractivity (Wildman–Crippen MR) is 196 cm³/mol. The molecule has 4 nitrogen and oxygen atoms in total. The van der Waals surface area contributed by atoms with Gasteiger partial charge in [-0.15, -0.1) is 17.5 Å². The zero-order valence-electron chi connectivity index (χ0n) is 29.8. The van der Waals surface area contributed by atoms with E-state index in [1.807, 2.05) is 70.2 Å². The Balaban J connectivity index is 0.000000301. The number of halogens is 3. The van der Waals surface area contributed by atoms with Crippen LogP contribution in [0.1, 0.15) is 85.3 Å². The van der Waals surface area contributed by atoms with Crippen molar-refractivity contribution in [3.8, 4) is 0 Å². The molecule has 0 aliphatic rings. The average molecular weight is 860 g/mol. The number of pyridine rings is 2. The van der Waals surface area contributed by atoms with Gasteiger partial charge in [-0.1, -0.05) is 95.6 Å². The molecule has 0 saturated heterocycles. The first-order valence-electron chi connectivity index (χ1n) is 17.3. The maximum atomic E-state index is 13.6. The van der Waals surface area contributed by atoms with E-state index in [0.717, 1.165) is 71.0 Å². The zero-order valence-corrected chi connectivity index (χ0v) is 32.2. The van der Waals surface area contributed by atoms with Crippen molar-refractivity contribution >= 4 is 54.8 Å². The first-order chi connectivity index (χ1) is 23.2. The summed E-state index contributed by atoms with van der Waals surface area (Å²) in [6.45, 7) is 14.6.